The molecule has 0 radical (unpaired) electrons. The van der Waals surface area contributed by atoms with Gasteiger partial charge in [0.1, 0.15) is 5.75 Å². The van der Waals surface area contributed by atoms with E-state index in [9.17, 15) is 4.79 Å². The lowest BCUT2D eigenvalue weighted by Crippen LogP contribution is -2.56. The van der Waals surface area contributed by atoms with Crippen LogP contribution in [0.1, 0.15) is 37.3 Å². The summed E-state index contributed by atoms with van der Waals surface area (Å²) in [4.78, 5) is 12.4. The summed E-state index contributed by atoms with van der Waals surface area (Å²) < 4.78 is 11.0. The van der Waals surface area contributed by atoms with Gasteiger partial charge in [-0.15, -0.1) is 12.4 Å². The predicted molar refractivity (Wildman–Crippen MR) is 93.0 cm³/mol. The van der Waals surface area contributed by atoms with Gasteiger partial charge in [-0.05, 0) is 37.8 Å². The Bertz CT molecular complexity index is 517. The number of benzene rings is 1. The predicted octanol–water partition coefficient (Wildman–Crippen LogP) is 2.33. The molecule has 1 aliphatic heterocycles. The monoisotopic (exact) mass is 342 g/mol. The minimum atomic E-state index is -0.812. The number of nitrogens with two attached hydrogens (primary N) is 1. The van der Waals surface area contributed by atoms with Crippen LogP contribution in [0, 0.1) is 6.92 Å². The maximum absolute atomic E-state index is 12.4. The Kier molecular flexibility index (Phi) is 7.82. The first-order valence-electron chi connectivity index (χ1n) is 7.92. The van der Waals surface area contributed by atoms with Crippen LogP contribution in [0.3, 0.4) is 0 Å². The standard InChI is InChI=1S/C17H26N2O3.ClH/c1-3-8-22-15-11-13(2)4-5-14(15)12-19-16(20)17(18)6-9-21-10-7-17;/h4-5,11H,3,6-10,12,18H2,1-2H3,(H,19,20);1H. The third kappa shape index (κ3) is 5.37. The summed E-state index contributed by atoms with van der Waals surface area (Å²) in [6, 6.07) is 6.02. The van der Waals surface area contributed by atoms with Crippen molar-refractivity contribution in [3.05, 3.63) is 29.3 Å². The second-order valence-electron chi connectivity index (χ2n) is 5.91. The minimum absolute atomic E-state index is 0. The Labute approximate surface area is 144 Å². The molecule has 1 saturated heterocycles. The summed E-state index contributed by atoms with van der Waals surface area (Å²) in [5, 5.41) is 2.95. The van der Waals surface area contributed by atoms with E-state index in [1.165, 1.54) is 0 Å². The number of aryl methyl sites for hydroxylation is 1. The number of rotatable bonds is 6. The fraction of sp³-hybridized carbons (Fsp3) is 0.588. The van der Waals surface area contributed by atoms with Gasteiger partial charge in [0.15, 0.2) is 0 Å². The average molecular weight is 343 g/mol. The molecular formula is C17H27ClN2O3. The molecule has 1 aromatic rings. The molecule has 0 saturated carbocycles. The van der Waals surface area contributed by atoms with Gasteiger partial charge >= 0.3 is 0 Å². The molecule has 5 nitrogen and oxygen atoms in total. The van der Waals surface area contributed by atoms with Crippen molar-refractivity contribution in [3.63, 3.8) is 0 Å². The van der Waals surface area contributed by atoms with Crippen molar-refractivity contribution in [3.8, 4) is 5.75 Å². The van der Waals surface area contributed by atoms with Gasteiger partial charge in [-0.1, -0.05) is 19.1 Å². The Balaban J connectivity index is 0.00000264. The van der Waals surface area contributed by atoms with Crippen LogP contribution >= 0.6 is 12.4 Å². The SMILES string of the molecule is CCCOc1cc(C)ccc1CNC(=O)C1(N)CCOCC1.Cl. The van der Waals surface area contributed by atoms with E-state index >= 15 is 0 Å². The van der Waals surface area contributed by atoms with Crippen molar-refractivity contribution < 1.29 is 14.3 Å². The molecule has 3 N–H and O–H groups in total. The number of hydrogen-bond donors (Lipinski definition) is 2. The van der Waals surface area contributed by atoms with Gasteiger partial charge in [0.2, 0.25) is 5.91 Å². The highest BCUT2D eigenvalue weighted by Crippen LogP contribution is 2.22. The zero-order valence-corrected chi connectivity index (χ0v) is 14.7. The van der Waals surface area contributed by atoms with Crippen molar-refractivity contribution in [1.82, 2.24) is 5.32 Å². The Hall–Kier alpha value is -1.30. The van der Waals surface area contributed by atoms with E-state index in [2.05, 4.69) is 12.2 Å². The lowest BCUT2D eigenvalue weighted by Gasteiger charge is -2.31. The van der Waals surface area contributed by atoms with Gasteiger partial charge in [0, 0.05) is 25.3 Å². The van der Waals surface area contributed by atoms with Gasteiger partial charge in [-0.2, -0.15) is 0 Å². The van der Waals surface area contributed by atoms with Crippen LogP contribution in [-0.4, -0.2) is 31.3 Å². The van der Waals surface area contributed by atoms with Crippen molar-refractivity contribution in [2.45, 2.75) is 45.2 Å². The van der Waals surface area contributed by atoms with Gasteiger partial charge in [0.25, 0.3) is 0 Å². The lowest BCUT2D eigenvalue weighted by molar-refractivity contribution is -0.129. The van der Waals surface area contributed by atoms with Crippen molar-refractivity contribution in [2.75, 3.05) is 19.8 Å². The first kappa shape index (κ1) is 19.7. The molecule has 1 aromatic carbocycles. The maximum Gasteiger partial charge on any atom is 0.240 e. The van der Waals surface area contributed by atoms with Crippen molar-refractivity contribution in [2.24, 2.45) is 5.73 Å². The molecule has 2 rings (SSSR count). The van der Waals surface area contributed by atoms with E-state index in [0.29, 0.717) is 39.2 Å². The van der Waals surface area contributed by atoms with Gasteiger partial charge in [0.05, 0.1) is 12.1 Å². The smallest absolute Gasteiger partial charge is 0.240 e. The topological polar surface area (TPSA) is 73.6 Å². The third-order valence-electron chi connectivity index (χ3n) is 3.96. The molecule has 130 valence electrons. The number of ether oxygens (including phenoxy) is 2. The number of carbonyl (C=O) groups is 1. The van der Waals surface area contributed by atoms with Gasteiger partial charge in [-0.3, -0.25) is 4.79 Å². The number of hydrogen-bond acceptors (Lipinski definition) is 4. The van der Waals surface area contributed by atoms with E-state index in [-0.39, 0.29) is 18.3 Å². The molecule has 1 aliphatic rings. The average Bonchev–Trinajstić information content (AvgIpc) is 2.52. The molecule has 0 spiro atoms. The summed E-state index contributed by atoms with van der Waals surface area (Å²) in [6.45, 7) is 6.28. The lowest BCUT2D eigenvalue weighted by atomic mass is 9.90. The van der Waals surface area contributed by atoms with Crippen LogP contribution in [-0.2, 0) is 16.1 Å². The number of amides is 1. The highest BCUT2D eigenvalue weighted by Gasteiger charge is 2.35. The van der Waals surface area contributed by atoms with E-state index in [1.54, 1.807) is 0 Å². The molecule has 1 heterocycles. The first-order valence-corrected chi connectivity index (χ1v) is 7.92. The van der Waals surface area contributed by atoms with Gasteiger partial charge in [-0.25, -0.2) is 0 Å². The quantitative estimate of drug-likeness (QED) is 0.832. The van der Waals surface area contributed by atoms with Crippen LogP contribution in [0.15, 0.2) is 18.2 Å². The van der Waals surface area contributed by atoms with Crippen molar-refractivity contribution in [1.29, 1.82) is 0 Å². The molecule has 0 aliphatic carbocycles. The highest BCUT2D eigenvalue weighted by molar-refractivity contribution is 5.86. The van der Waals surface area contributed by atoms with Crippen LogP contribution < -0.4 is 15.8 Å². The third-order valence-corrected chi connectivity index (χ3v) is 3.96. The zero-order chi connectivity index (χ0) is 16.0. The number of nitrogens with one attached hydrogen (secondary N) is 1. The second-order valence-corrected chi connectivity index (χ2v) is 5.91. The van der Waals surface area contributed by atoms with Crippen molar-refractivity contribution >= 4 is 18.3 Å². The summed E-state index contributed by atoms with van der Waals surface area (Å²) >= 11 is 0. The molecule has 0 unspecified atom stereocenters. The summed E-state index contributed by atoms with van der Waals surface area (Å²) in [5.41, 5.74) is 7.49. The molecule has 0 bridgehead atoms. The molecule has 1 amide bonds. The summed E-state index contributed by atoms with van der Waals surface area (Å²) in [7, 11) is 0. The van der Waals surface area contributed by atoms with Crippen LogP contribution in [0.2, 0.25) is 0 Å². The fourth-order valence-electron chi connectivity index (χ4n) is 2.47. The summed E-state index contributed by atoms with van der Waals surface area (Å²) in [5.74, 6) is 0.720. The Morgan fingerprint density at radius 1 is 1.39 bits per heavy atom. The van der Waals surface area contributed by atoms with E-state index in [4.69, 9.17) is 15.2 Å². The zero-order valence-electron chi connectivity index (χ0n) is 13.9. The number of halogens is 1. The van der Waals surface area contributed by atoms with E-state index < -0.39 is 5.54 Å². The molecule has 0 aromatic heterocycles. The molecular weight excluding hydrogens is 316 g/mol. The molecule has 1 fully saturated rings. The maximum atomic E-state index is 12.4. The normalized spacial score (nSPS) is 16.3. The van der Waals surface area contributed by atoms with Crippen LogP contribution in [0.4, 0.5) is 0 Å². The summed E-state index contributed by atoms with van der Waals surface area (Å²) in [6.07, 6.45) is 2.07. The number of carbonyl (C=O) groups excluding carboxylic acids is 1. The van der Waals surface area contributed by atoms with Crippen LogP contribution in [0.5, 0.6) is 5.75 Å². The molecule has 0 atom stereocenters. The van der Waals surface area contributed by atoms with E-state index in [1.807, 2.05) is 25.1 Å². The molecule has 23 heavy (non-hydrogen) atoms. The molecule has 6 heteroatoms. The van der Waals surface area contributed by atoms with Crippen LogP contribution in [0.25, 0.3) is 0 Å². The highest BCUT2D eigenvalue weighted by atomic mass is 35.5. The van der Waals surface area contributed by atoms with E-state index in [0.717, 1.165) is 23.3 Å². The fourth-order valence-corrected chi connectivity index (χ4v) is 2.47. The largest absolute Gasteiger partial charge is 0.493 e. The minimum Gasteiger partial charge on any atom is -0.493 e. The van der Waals surface area contributed by atoms with Gasteiger partial charge < -0.3 is 20.5 Å². The first-order chi connectivity index (χ1) is 10.5. The Morgan fingerprint density at radius 3 is 2.74 bits per heavy atom. The Morgan fingerprint density at radius 2 is 2.09 bits per heavy atom. The second kappa shape index (κ2) is 9.11.